The Morgan fingerprint density at radius 1 is 1.00 bits per heavy atom. The highest BCUT2D eigenvalue weighted by atomic mass is 19.4. The SMILES string of the molecule is CC(C)C(C)(C)CCOC(C)(C)C(F)(F)F. The summed E-state index contributed by atoms with van der Waals surface area (Å²) in [5.74, 6) is 0.421. The number of hydrogen-bond acceptors (Lipinski definition) is 1. The van der Waals surface area contributed by atoms with Gasteiger partial charge in [0.2, 0.25) is 0 Å². The fourth-order valence-electron chi connectivity index (χ4n) is 0.940. The van der Waals surface area contributed by atoms with Crippen molar-refractivity contribution >= 4 is 0 Å². The highest BCUT2D eigenvalue weighted by Gasteiger charge is 2.48. The molecule has 0 atom stereocenters. The van der Waals surface area contributed by atoms with E-state index in [1.807, 2.05) is 13.8 Å². The number of rotatable bonds is 5. The van der Waals surface area contributed by atoms with E-state index in [0.29, 0.717) is 12.3 Å². The zero-order valence-corrected chi connectivity index (χ0v) is 11.0. The molecule has 0 aliphatic heterocycles. The highest BCUT2D eigenvalue weighted by Crippen LogP contribution is 2.35. The molecule has 0 unspecified atom stereocenters. The van der Waals surface area contributed by atoms with E-state index in [0.717, 1.165) is 13.8 Å². The molecule has 0 spiro atoms. The summed E-state index contributed by atoms with van der Waals surface area (Å²) in [7, 11) is 0. The van der Waals surface area contributed by atoms with Crippen molar-refractivity contribution in [1.82, 2.24) is 0 Å². The molecule has 0 fully saturated rings. The summed E-state index contributed by atoms with van der Waals surface area (Å²) in [4.78, 5) is 0. The Balaban J connectivity index is 4.19. The molecule has 1 nitrogen and oxygen atoms in total. The van der Waals surface area contributed by atoms with Gasteiger partial charge < -0.3 is 4.74 Å². The normalized spacial score (nSPS) is 14.6. The van der Waals surface area contributed by atoms with Gasteiger partial charge in [0.15, 0.2) is 5.60 Å². The van der Waals surface area contributed by atoms with E-state index in [1.165, 1.54) is 0 Å². The van der Waals surface area contributed by atoms with Crippen molar-refractivity contribution < 1.29 is 17.9 Å². The predicted octanol–water partition coefficient (Wildman–Crippen LogP) is 4.42. The molecule has 4 heteroatoms. The number of ether oxygens (including phenoxy) is 1. The van der Waals surface area contributed by atoms with Crippen LogP contribution in [0.2, 0.25) is 0 Å². The summed E-state index contributed by atoms with van der Waals surface area (Å²) in [5, 5.41) is 0. The average Bonchev–Trinajstić information content (AvgIpc) is 2.00. The maximum Gasteiger partial charge on any atom is 0.416 e. The van der Waals surface area contributed by atoms with Gasteiger partial charge in [-0.05, 0) is 31.6 Å². The zero-order valence-electron chi connectivity index (χ0n) is 11.0. The first-order valence-corrected chi connectivity index (χ1v) is 5.61. The summed E-state index contributed by atoms with van der Waals surface area (Å²) in [6.45, 7) is 10.5. The maximum absolute atomic E-state index is 12.5. The highest BCUT2D eigenvalue weighted by molar-refractivity contribution is 4.79. The average molecular weight is 240 g/mol. The van der Waals surface area contributed by atoms with Crippen molar-refractivity contribution in [3.8, 4) is 0 Å². The van der Waals surface area contributed by atoms with Crippen LogP contribution >= 0.6 is 0 Å². The van der Waals surface area contributed by atoms with Crippen LogP contribution in [0.5, 0.6) is 0 Å². The fraction of sp³-hybridized carbons (Fsp3) is 1.00. The first-order chi connectivity index (χ1) is 6.90. The Labute approximate surface area is 96.4 Å². The van der Waals surface area contributed by atoms with Crippen LogP contribution in [0, 0.1) is 11.3 Å². The second-order valence-electron chi connectivity index (χ2n) is 5.75. The Kier molecular flexibility index (Phi) is 4.87. The molecule has 0 saturated heterocycles. The molecule has 0 rings (SSSR count). The minimum absolute atomic E-state index is 0.00167. The quantitative estimate of drug-likeness (QED) is 0.691. The smallest absolute Gasteiger partial charge is 0.366 e. The molecule has 0 radical (unpaired) electrons. The van der Waals surface area contributed by atoms with Crippen molar-refractivity contribution in [3.05, 3.63) is 0 Å². The Hall–Kier alpha value is -0.250. The Bertz CT molecular complexity index is 217. The molecule has 0 aromatic rings. The molecule has 0 amide bonds. The van der Waals surface area contributed by atoms with Crippen molar-refractivity contribution in [1.29, 1.82) is 0 Å². The third-order valence-corrected chi connectivity index (χ3v) is 3.45. The standard InChI is InChI=1S/C12H23F3O/c1-9(2)10(3,4)7-8-16-11(5,6)12(13,14)15/h9H,7-8H2,1-6H3. The largest absolute Gasteiger partial charge is 0.416 e. The van der Waals surface area contributed by atoms with E-state index in [-0.39, 0.29) is 12.0 Å². The van der Waals surface area contributed by atoms with Gasteiger partial charge in [-0.1, -0.05) is 27.7 Å². The van der Waals surface area contributed by atoms with Gasteiger partial charge in [-0.15, -0.1) is 0 Å². The van der Waals surface area contributed by atoms with Gasteiger partial charge in [-0.3, -0.25) is 0 Å². The van der Waals surface area contributed by atoms with E-state index in [4.69, 9.17) is 4.74 Å². The molecular weight excluding hydrogens is 217 g/mol. The molecule has 0 heterocycles. The zero-order chi connectivity index (χ0) is 13.2. The summed E-state index contributed by atoms with van der Waals surface area (Å²) in [6.07, 6.45) is -3.68. The molecule has 0 saturated carbocycles. The second kappa shape index (κ2) is 4.94. The van der Waals surface area contributed by atoms with Crippen molar-refractivity contribution in [2.24, 2.45) is 11.3 Å². The van der Waals surface area contributed by atoms with Crippen LogP contribution in [-0.2, 0) is 4.74 Å². The van der Waals surface area contributed by atoms with E-state index in [2.05, 4.69) is 13.8 Å². The van der Waals surface area contributed by atoms with E-state index in [1.54, 1.807) is 0 Å². The topological polar surface area (TPSA) is 9.23 Å². The number of hydrogen-bond donors (Lipinski definition) is 0. The Morgan fingerprint density at radius 3 is 1.75 bits per heavy atom. The first kappa shape index (κ1) is 15.8. The summed E-state index contributed by atoms with van der Waals surface area (Å²) >= 11 is 0. The van der Waals surface area contributed by atoms with Crippen LogP contribution in [-0.4, -0.2) is 18.4 Å². The molecule has 0 aliphatic carbocycles. The third kappa shape index (κ3) is 4.32. The van der Waals surface area contributed by atoms with E-state index in [9.17, 15) is 13.2 Å². The number of alkyl halides is 3. The third-order valence-electron chi connectivity index (χ3n) is 3.45. The van der Waals surface area contributed by atoms with Crippen molar-refractivity contribution in [3.63, 3.8) is 0 Å². The number of halogens is 3. The predicted molar refractivity (Wildman–Crippen MR) is 59.3 cm³/mol. The fourth-order valence-corrected chi connectivity index (χ4v) is 0.940. The van der Waals surface area contributed by atoms with Crippen LogP contribution in [0.1, 0.15) is 48.0 Å². The first-order valence-electron chi connectivity index (χ1n) is 5.61. The molecule has 98 valence electrons. The molecule has 0 aromatic carbocycles. The monoisotopic (exact) mass is 240 g/mol. The lowest BCUT2D eigenvalue weighted by molar-refractivity contribution is -0.265. The lowest BCUT2D eigenvalue weighted by atomic mass is 9.79. The van der Waals surface area contributed by atoms with Crippen LogP contribution < -0.4 is 0 Å². The van der Waals surface area contributed by atoms with Gasteiger partial charge in [0.1, 0.15) is 0 Å². The molecular formula is C12H23F3O. The van der Waals surface area contributed by atoms with Gasteiger partial charge in [0, 0.05) is 6.61 Å². The van der Waals surface area contributed by atoms with Crippen LogP contribution in [0.25, 0.3) is 0 Å². The van der Waals surface area contributed by atoms with Gasteiger partial charge >= 0.3 is 6.18 Å². The van der Waals surface area contributed by atoms with Crippen molar-refractivity contribution in [2.45, 2.75) is 59.7 Å². The summed E-state index contributed by atoms with van der Waals surface area (Å²) in [5.41, 5.74) is -2.05. The molecule has 0 bridgehead atoms. The molecule has 0 N–H and O–H groups in total. The molecule has 0 aliphatic rings. The molecule has 16 heavy (non-hydrogen) atoms. The van der Waals surface area contributed by atoms with Crippen molar-refractivity contribution in [2.75, 3.05) is 6.61 Å². The van der Waals surface area contributed by atoms with Gasteiger partial charge in [0.25, 0.3) is 0 Å². The minimum atomic E-state index is -4.31. The van der Waals surface area contributed by atoms with Crippen LogP contribution in [0.4, 0.5) is 13.2 Å². The van der Waals surface area contributed by atoms with E-state index < -0.39 is 11.8 Å². The summed E-state index contributed by atoms with van der Waals surface area (Å²) in [6, 6.07) is 0. The van der Waals surface area contributed by atoms with Gasteiger partial charge in [0.05, 0.1) is 0 Å². The maximum atomic E-state index is 12.5. The summed E-state index contributed by atoms with van der Waals surface area (Å²) < 4.78 is 42.4. The van der Waals surface area contributed by atoms with Crippen LogP contribution in [0.15, 0.2) is 0 Å². The van der Waals surface area contributed by atoms with Gasteiger partial charge in [-0.25, -0.2) is 0 Å². The van der Waals surface area contributed by atoms with E-state index >= 15 is 0 Å². The minimum Gasteiger partial charge on any atom is -0.366 e. The van der Waals surface area contributed by atoms with Gasteiger partial charge in [-0.2, -0.15) is 13.2 Å². The second-order valence-corrected chi connectivity index (χ2v) is 5.75. The Morgan fingerprint density at radius 2 is 1.44 bits per heavy atom. The molecule has 0 aromatic heterocycles. The lowest BCUT2D eigenvalue weighted by Gasteiger charge is -2.32. The lowest BCUT2D eigenvalue weighted by Crippen LogP contribution is -2.42. The van der Waals surface area contributed by atoms with Crippen LogP contribution in [0.3, 0.4) is 0 Å².